The predicted molar refractivity (Wildman–Crippen MR) is 166 cm³/mol. The second-order valence-corrected chi connectivity index (χ2v) is 12.6. The SMILES string of the molecule is CC(=O)N1CCC(C(=O)NC(CCN2CC3CN(C(=O)c4c(C)cccc4C)C[C@@H]3C2)c2ccccc2)CC1.O=C(O)C(F)(F)F. The summed E-state index contributed by atoms with van der Waals surface area (Å²) >= 11 is 0. The van der Waals surface area contributed by atoms with Gasteiger partial charge >= 0.3 is 12.1 Å². The summed E-state index contributed by atoms with van der Waals surface area (Å²) in [6, 6.07) is 16.3. The lowest BCUT2D eigenvalue weighted by molar-refractivity contribution is -0.192. The van der Waals surface area contributed by atoms with Crippen LogP contribution in [0.3, 0.4) is 0 Å². The fourth-order valence-corrected chi connectivity index (χ4v) is 6.81. The molecule has 2 aromatic carbocycles. The molecule has 3 amide bonds. The number of rotatable bonds is 7. The molecule has 3 aliphatic heterocycles. The number of hydrogen-bond acceptors (Lipinski definition) is 5. The molecule has 2 N–H and O–H groups in total. The molecule has 9 nitrogen and oxygen atoms in total. The van der Waals surface area contributed by atoms with Gasteiger partial charge in [-0.1, -0.05) is 48.5 Å². The molecule has 0 aromatic heterocycles. The minimum atomic E-state index is -5.08. The molecule has 0 aliphatic carbocycles. The van der Waals surface area contributed by atoms with E-state index >= 15 is 0 Å². The van der Waals surface area contributed by atoms with Crippen molar-refractivity contribution in [3.63, 3.8) is 0 Å². The quantitative estimate of drug-likeness (QED) is 0.461. The number of alkyl halides is 3. The summed E-state index contributed by atoms with van der Waals surface area (Å²) in [6.07, 6.45) is -2.79. The molecule has 12 heteroatoms. The Hall–Kier alpha value is -3.93. The Morgan fingerprint density at radius 2 is 1.41 bits per heavy atom. The summed E-state index contributed by atoms with van der Waals surface area (Å²) in [6.45, 7) is 11.5. The van der Waals surface area contributed by atoms with E-state index in [0.717, 1.165) is 74.2 Å². The van der Waals surface area contributed by atoms with Crippen molar-refractivity contribution in [2.24, 2.45) is 17.8 Å². The highest BCUT2D eigenvalue weighted by Gasteiger charge is 2.42. The molecule has 3 aliphatic rings. The Kier molecular flexibility index (Phi) is 11.5. The summed E-state index contributed by atoms with van der Waals surface area (Å²) < 4.78 is 31.7. The van der Waals surface area contributed by atoms with Gasteiger partial charge in [0, 0.05) is 64.2 Å². The second kappa shape index (κ2) is 15.1. The number of carboxylic acids is 1. The van der Waals surface area contributed by atoms with E-state index < -0.39 is 12.1 Å². The Balaban J connectivity index is 0.000000617. The molecule has 250 valence electrons. The third-order valence-corrected chi connectivity index (χ3v) is 9.35. The molecular weight excluding hydrogens is 601 g/mol. The summed E-state index contributed by atoms with van der Waals surface area (Å²) in [5.41, 5.74) is 4.11. The van der Waals surface area contributed by atoms with Gasteiger partial charge in [0.05, 0.1) is 6.04 Å². The van der Waals surface area contributed by atoms with Crippen LogP contribution in [0.15, 0.2) is 48.5 Å². The van der Waals surface area contributed by atoms with Crippen LogP contribution in [0, 0.1) is 31.6 Å². The van der Waals surface area contributed by atoms with Gasteiger partial charge < -0.3 is 25.1 Å². The van der Waals surface area contributed by atoms with Crippen molar-refractivity contribution >= 4 is 23.7 Å². The summed E-state index contributed by atoms with van der Waals surface area (Å²) in [5, 5.41) is 10.5. The van der Waals surface area contributed by atoms with Crippen LogP contribution in [0.5, 0.6) is 0 Å². The summed E-state index contributed by atoms with van der Waals surface area (Å²) in [5.74, 6) is -1.42. The number of nitrogens with one attached hydrogen (secondary N) is 1. The number of benzene rings is 2. The fourth-order valence-electron chi connectivity index (χ4n) is 6.81. The summed E-state index contributed by atoms with van der Waals surface area (Å²) in [7, 11) is 0. The van der Waals surface area contributed by atoms with Gasteiger partial charge in [-0.15, -0.1) is 0 Å². The molecule has 3 heterocycles. The standard InChI is InChI=1S/C32H42N4O3.C2HF3O2/c1-22-8-7-9-23(2)30(22)32(39)36-20-27-18-34(19-28(27)21-36)15-14-29(25-10-5-4-6-11-25)33-31(38)26-12-16-35(17-13-26)24(3)37;3-2(4,5)1(6)7/h4-11,26-29H,12-21H2,1-3H3,(H,33,38);(H,6,7)/t27-,28?,29?;/m0./s1. The topological polar surface area (TPSA) is 110 Å². The molecule has 3 fully saturated rings. The highest BCUT2D eigenvalue weighted by Crippen LogP contribution is 2.33. The number of aliphatic carboxylic acids is 1. The van der Waals surface area contributed by atoms with Crippen molar-refractivity contribution in [1.29, 1.82) is 0 Å². The van der Waals surface area contributed by atoms with E-state index in [9.17, 15) is 27.6 Å². The monoisotopic (exact) mass is 644 g/mol. The third-order valence-electron chi connectivity index (χ3n) is 9.35. The number of fused-ring (bicyclic) bond motifs is 1. The highest BCUT2D eigenvalue weighted by atomic mass is 19.4. The number of carbonyl (C=O) groups is 4. The molecule has 3 atom stereocenters. The number of nitrogens with zero attached hydrogens (tertiary/aromatic N) is 3. The van der Waals surface area contributed by atoms with Crippen LogP contribution < -0.4 is 5.32 Å². The molecule has 0 spiro atoms. The van der Waals surface area contributed by atoms with Crippen LogP contribution in [-0.4, -0.2) is 95.5 Å². The molecule has 2 aromatic rings. The zero-order chi connectivity index (χ0) is 33.6. The maximum atomic E-state index is 13.3. The zero-order valence-corrected chi connectivity index (χ0v) is 26.6. The van der Waals surface area contributed by atoms with E-state index in [2.05, 4.69) is 27.2 Å². The van der Waals surface area contributed by atoms with Gasteiger partial charge in [-0.2, -0.15) is 13.2 Å². The van der Waals surface area contributed by atoms with Gasteiger partial charge in [-0.3, -0.25) is 14.4 Å². The van der Waals surface area contributed by atoms with Crippen molar-refractivity contribution in [2.45, 2.75) is 52.3 Å². The van der Waals surface area contributed by atoms with Gasteiger partial charge in [0.25, 0.3) is 5.91 Å². The number of carboxylic acid groups (broad SMARTS) is 1. The van der Waals surface area contributed by atoms with Crippen LogP contribution in [0.4, 0.5) is 13.2 Å². The zero-order valence-electron chi connectivity index (χ0n) is 26.6. The largest absolute Gasteiger partial charge is 0.490 e. The molecule has 0 bridgehead atoms. The summed E-state index contributed by atoms with van der Waals surface area (Å²) in [4.78, 5) is 53.5. The minimum Gasteiger partial charge on any atom is -0.475 e. The lowest BCUT2D eigenvalue weighted by Crippen LogP contribution is -2.43. The fraction of sp³-hybridized carbons (Fsp3) is 0.529. The predicted octanol–water partition coefficient (Wildman–Crippen LogP) is 4.45. The number of piperidine rings is 1. The number of carbonyl (C=O) groups excluding carboxylic acids is 3. The molecule has 0 saturated carbocycles. The Bertz CT molecular complexity index is 1360. The third kappa shape index (κ3) is 8.86. The van der Waals surface area contributed by atoms with E-state index in [-0.39, 0.29) is 29.7 Å². The van der Waals surface area contributed by atoms with Crippen molar-refractivity contribution < 1.29 is 37.5 Å². The molecule has 2 unspecified atom stereocenters. The van der Waals surface area contributed by atoms with Crippen molar-refractivity contribution in [1.82, 2.24) is 20.0 Å². The van der Waals surface area contributed by atoms with Crippen LogP contribution in [0.2, 0.25) is 0 Å². The minimum absolute atomic E-state index is 0.0351. The second-order valence-electron chi connectivity index (χ2n) is 12.6. The Morgan fingerprint density at radius 3 is 1.91 bits per heavy atom. The van der Waals surface area contributed by atoms with Crippen LogP contribution in [0.1, 0.15) is 59.3 Å². The maximum Gasteiger partial charge on any atom is 0.490 e. The first-order valence-electron chi connectivity index (χ1n) is 15.7. The molecule has 5 rings (SSSR count). The lowest BCUT2D eigenvalue weighted by atomic mass is 9.94. The number of hydrogen-bond donors (Lipinski definition) is 2. The Labute approximate surface area is 267 Å². The van der Waals surface area contributed by atoms with Gasteiger partial charge in [0.1, 0.15) is 0 Å². The van der Waals surface area contributed by atoms with E-state index in [4.69, 9.17) is 9.90 Å². The van der Waals surface area contributed by atoms with Crippen molar-refractivity contribution in [3.05, 3.63) is 70.8 Å². The highest BCUT2D eigenvalue weighted by molar-refractivity contribution is 5.97. The smallest absolute Gasteiger partial charge is 0.475 e. The van der Waals surface area contributed by atoms with Gasteiger partial charge in [-0.05, 0) is 61.6 Å². The van der Waals surface area contributed by atoms with Gasteiger partial charge in [0.15, 0.2) is 0 Å². The van der Waals surface area contributed by atoms with Crippen LogP contribution >= 0.6 is 0 Å². The average molecular weight is 645 g/mol. The molecule has 46 heavy (non-hydrogen) atoms. The average Bonchev–Trinajstić information content (AvgIpc) is 3.59. The maximum absolute atomic E-state index is 13.3. The first-order valence-corrected chi connectivity index (χ1v) is 15.7. The molecular formula is C34H43F3N4O5. The van der Waals surface area contributed by atoms with E-state index in [0.29, 0.717) is 24.9 Å². The van der Waals surface area contributed by atoms with Crippen molar-refractivity contribution in [3.8, 4) is 0 Å². The van der Waals surface area contributed by atoms with E-state index in [1.807, 2.05) is 55.1 Å². The van der Waals surface area contributed by atoms with Crippen molar-refractivity contribution in [2.75, 3.05) is 45.8 Å². The first-order chi connectivity index (χ1) is 21.7. The van der Waals surface area contributed by atoms with E-state index in [1.165, 1.54) is 0 Å². The lowest BCUT2D eigenvalue weighted by Gasteiger charge is -2.32. The van der Waals surface area contributed by atoms with Crippen LogP contribution in [0.25, 0.3) is 0 Å². The normalized spacial score (nSPS) is 20.8. The Morgan fingerprint density at radius 1 is 0.870 bits per heavy atom. The number of amides is 3. The van der Waals surface area contributed by atoms with Crippen LogP contribution in [-0.2, 0) is 14.4 Å². The molecule has 3 saturated heterocycles. The number of aryl methyl sites for hydroxylation is 2. The van der Waals surface area contributed by atoms with E-state index in [1.54, 1.807) is 6.92 Å². The first kappa shape index (κ1) is 34.9. The van der Waals surface area contributed by atoms with Gasteiger partial charge in [0.2, 0.25) is 11.8 Å². The number of likely N-dealkylation sites (tertiary alicyclic amines) is 3. The van der Waals surface area contributed by atoms with Gasteiger partial charge in [-0.25, -0.2) is 4.79 Å². The number of halogens is 3. The molecule has 0 radical (unpaired) electrons.